The van der Waals surface area contributed by atoms with E-state index in [-0.39, 0.29) is 41.8 Å². The molecule has 4 aliphatic rings. The van der Waals surface area contributed by atoms with Gasteiger partial charge in [0.1, 0.15) is 36.1 Å². The fourth-order valence-electron chi connectivity index (χ4n) is 9.88. The van der Waals surface area contributed by atoms with Crippen molar-refractivity contribution in [2.45, 2.75) is 96.1 Å². The molecule has 5 aromatic rings. The quantitative estimate of drug-likeness (QED) is 0.121. The number of ether oxygens (including phenoxy) is 4. The molecular formula is C46H54N8O8. The molecule has 1 unspecified atom stereocenters. The number of benzene rings is 3. The van der Waals surface area contributed by atoms with Gasteiger partial charge in [0.05, 0.1) is 49.2 Å². The molecule has 9 rings (SSSR count). The smallest absolute Gasteiger partial charge is 0.407 e. The summed E-state index contributed by atoms with van der Waals surface area (Å²) in [5.74, 6) is 1.75. The summed E-state index contributed by atoms with van der Waals surface area (Å²) in [4.78, 5) is 73.2. The molecule has 0 spiro atoms. The van der Waals surface area contributed by atoms with E-state index in [4.69, 9.17) is 28.9 Å². The minimum absolute atomic E-state index is 0.0266. The first-order chi connectivity index (χ1) is 30.0. The highest BCUT2D eigenvalue weighted by molar-refractivity contribution is 6.07. The van der Waals surface area contributed by atoms with E-state index < -0.39 is 24.3 Å². The van der Waals surface area contributed by atoms with Gasteiger partial charge in [0.2, 0.25) is 11.8 Å². The number of methoxy groups -OCH3 is 2. The summed E-state index contributed by atoms with van der Waals surface area (Å²) in [6.07, 6.45) is 5.09. The third kappa shape index (κ3) is 7.58. The van der Waals surface area contributed by atoms with Gasteiger partial charge in [0.25, 0.3) is 0 Å². The molecule has 3 saturated heterocycles. The van der Waals surface area contributed by atoms with E-state index in [1.165, 1.54) is 14.2 Å². The van der Waals surface area contributed by atoms with Crippen LogP contribution in [0.2, 0.25) is 0 Å². The van der Waals surface area contributed by atoms with Gasteiger partial charge in [-0.1, -0.05) is 32.0 Å². The van der Waals surface area contributed by atoms with Crippen LogP contribution < -0.4 is 15.4 Å². The van der Waals surface area contributed by atoms with Gasteiger partial charge in [0, 0.05) is 36.8 Å². The van der Waals surface area contributed by atoms with Gasteiger partial charge >= 0.3 is 12.2 Å². The van der Waals surface area contributed by atoms with E-state index >= 15 is 0 Å². The van der Waals surface area contributed by atoms with Gasteiger partial charge in [0.15, 0.2) is 0 Å². The monoisotopic (exact) mass is 846 g/mol. The van der Waals surface area contributed by atoms with Crippen LogP contribution in [0.5, 0.6) is 5.75 Å². The molecule has 0 bridgehead atoms. The third-order valence-corrected chi connectivity index (χ3v) is 13.2. The summed E-state index contributed by atoms with van der Waals surface area (Å²) in [7, 11) is 2.60. The highest BCUT2D eigenvalue weighted by Gasteiger charge is 2.42. The van der Waals surface area contributed by atoms with Crippen LogP contribution in [0.25, 0.3) is 44.2 Å². The first-order valence-corrected chi connectivity index (χ1v) is 21.7. The molecule has 0 saturated carbocycles. The van der Waals surface area contributed by atoms with Gasteiger partial charge in [-0.25, -0.2) is 19.6 Å². The largest absolute Gasteiger partial charge is 0.488 e. The number of carbonyl (C=O) groups is 4. The topological polar surface area (TPSA) is 193 Å². The number of aromatic amines is 2. The minimum atomic E-state index is -0.727. The van der Waals surface area contributed by atoms with Crippen LogP contribution in [0, 0.1) is 11.8 Å². The molecule has 0 aliphatic carbocycles. The molecule has 4 aliphatic heterocycles. The SMILES string of the molecule is COC(=O)NC(C(=O)N1CCC[C@H]1c1ncc(-c2ccc3c(c2)COc2cc4c(ccc5[nH]c([C@@H]6CC[C@H](C)N6C(=O)[C@@H](NC(=O)OC)C(C)C)nc54)cc2-3)[nH]1)C1CCOCC1. The minimum Gasteiger partial charge on any atom is -0.488 e. The predicted molar refractivity (Wildman–Crippen MR) is 230 cm³/mol. The summed E-state index contributed by atoms with van der Waals surface area (Å²) in [6.45, 7) is 7.92. The number of likely N-dealkylation sites (tertiary alicyclic amines) is 2. The lowest BCUT2D eigenvalue weighted by Crippen LogP contribution is -2.53. The van der Waals surface area contributed by atoms with Gasteiger partial charge in [-0.2, -0.15) is 0 Å². The fraction of sp³-hybridized carbons (Fsp3) is 0.478. The first-order valence-electron chi connectivity index (χ1n) is 21.7. The van der Waals surface area contributed by atoms with Crippen LogP contribution in [-0.4, -0.2) is 106 Å². The summed E-state index contributed by atoms with van der Waals surface area (Å²) in [5, 5.41) is 7.52. The van der Waals surface area contributed by atoms with Crippen molar-refractivity contribution in [1.29, 1.82) is 0 Å². The Kier molecular flexibility index (Phi) is 11.3. The maximum absolute atomic E-state index is 14.1. The molecule has 2 aromatic heterocycles. The second-order valence-corrected chi connectivity index (χ2v) is 17.3. The number of hydrogen-bond acceptors (Lipinski definition) is 10. The Hall–Kier alpha value is -6.16. The van der Waals surface area contributed by atoms with Crippen LogP contribution in [0.3, 0.4) is 0 Å². The van der Waals surface area contributed by atoms with E-state index in [2.05, 4.69) is 57.0 Å². The van der Waals surface area contributed by atoms with Crippen molar-refractivity contribution in [3.8, 4) is 28.1 Å². The Balaban J connectivity index is 0.953. The van der Waals surface area contributed by atoms with Crippen LogP contribution in [-0.2, 0) is 30.4 Å². The highest BCUT2D eigenvalue weighted by Crippen LogP contribution is 2.44. The molecule has 4 N–H and O–H groups in total. The molecule has 326 valence electrons. The number of amides is 4. The molecule has 3 fully saturated rings. The molecule has 62 heavy (non-hydrogen) atoms. The Morgan fingerprint density at radius 2 is 1.65 bits per heavy atom. The van der Waals surface area contributed by atoms with Crippen LogP contribution in [0.15, 0.2) is 48.7 Å². The molecule has 16 heteroatoms. The molecule has 0 radical (unpaired) electrons. The van der Waals surface area contributed by atoms with Gasteiger partial charge in [-0.3, -0.25) is 9.59 Å². The van der Waals surface area contributed by atoms with E-state index in [0.29, 0.717) is 50.9 Å². The Bertz CT molecular complexity index is 2530. The molecule has 3 aromatic carbocycles. The summed E-state index contributed by atoms with van der Waals surface area (Å²) in [5.41, 5.74) is 6.59. The van der Waals surface area contributed by atoms with Crippen LogP contribution >= 0.6 is 0 Å². The zero-order chi connectivity index (χ0) is 43.2. The fourth-order valence-corrected chi connectivity index (χ4v) is 9.88. The van der Waals surface area contributed by atoms with Crippen molar-refractivity contribution < 1.29 is 38.1 Å². The number of rotatable bonds is 9. The average Bonchev–Trinajstić information content (AvgIpc) is 4.12. The van der Waals surface area contributed by atoms with Gasteiger partial charge < -0.3 is 49.3 Å². The highest BCUT2D eigenvalue weighted by atomic mass is 16.5. The zero-order valence-electron chi connectivity index (χ0n) is 35.8. The number of hydrogen-bond donors (Lipinski definition) is 4. The summed E-state index contributed by atoms with van der Waals surface area (Å²) >= 11 is 0. The normalized spacial score (nSPS) is 21.0. The molecular weight excluding hydrogens is 793 g/mol. The van der Waals surface area contributed by atoms with Gasteiger partial charge in [-0.15, -0.1) is 0 Å². The number of H-pyrrole nitrogens is 2. The van der Waals surface area contributed by atoms with Crippen molar-refractivity contribution in [2.75, 3.05) is 34.0 Å². The second kappa shape index (κ2) is 17.0. The van der Waals surface area contributed by atoms with Crippen molar-refractivity contribution in [2.24, 2.45) is 11.8 Å². The maximum Gasteiger partial charge on any atom is 0.407 e. The van der Waals surface area contributed by atoms with Crippen LogP contribution in [0.1, 0.15) is 88.6 Å². The number of fused-ring (bicyclic) bond motifs is 6. The van der Waals surface area contributed by atoms with E-state index in [0.717, 1.165) is 81.2 Å². The second-order valence-electron chi connectivity index (χ2n) is 17.3. The van der Waals surface area contributed by atoms with Crippen molar-refractivity contribution >= 4 is 45.8 Å². The predicted octanol–water partition coefficient (Wildman–Crippen LogP) is 6.91. The van der Waals surface area contributed by atoms with Gasteiger partial charge in [-0.05, 0) is 104 Å². The number of aromatic nitrogens is 4. The average molecular weight is 847 g/mol. The number of nitrogens with one attached hydrogen (secondary N) is 4. The first kappa shape index (κ1) is 41.2. The van der Waals surface area contributed by atoms with Crippen molar-refractivity contribution in [3.05, 3.63) is 65.9 Å². The van der Waals surface area contributed by atoms with E-state index in [1.807, 2.05) is 42.8 Å². The number of carbonyl (C=O) groups excluding carboxylic acids is 4. The summed E-state index contributed by atoms with van der Waals surface area (Å²) < 4.78 is 21.7. The Morgan fingerprint density at radius 3 is 2.42 bits per heavy atom. The number of imidazole rings is 2. The third-order valence-electron chi connectivity index (χ3n) is 13.2. The van der Waals surface area contributed by atoms with E-state index in [1.54, 1.807) is 0 Å². The molecule has 5 atom stereocenters. The van der Waals surface area contributed by atoms with Crippen molar-refractivity contribution in [3.63, 3.8) is 0 Å². The number of alkyl carbamates (subject to hydrolysis) is 2. The lowest BCUT2D eigenvalue weighted by atomic mass is 9.90. The standard InChI is InChI=1S/C46H54N8O8/c1-24(2)38(51-45(57)59-4)44(56)54-25(3)8-13-36(54)42-48-33-12-10-27-20-32-30-11-9-28(19-29(30)23-62-37(32)21-31(27)40(33)50-42)34-22-47-41(49-34)35-7-6-16-53(35)43(55)39(52-46(58)60-5)26-14-17-61-18-15-26/h9-12,19-22,24-26,35-36,38-39H,6-8,13-18,23H2,1-5H3,(H,47,49)(H,48,50)(H,51,57)(H,52,58)/t25-,35-,36-,38-,39?/m0/s1. The zero-order valence-corrected chi connectivity index (χ0v) is 35.8. The molecule has 6 heterocycles. The summed E-state index contributed by atoms with van der Waals surface area (Å²) in [6, 6.07) is 12.7. The Labute approximate surface area is 359 Å². The maximum atomic E-state index is 14.1. The van der Waals surface area contributed by atoms with Crippen LogP contribution in [0.4, 0.5) is 9.59 Å². The van der Waals surface area contributed by atoms with Crippen molar-refractivity contribution in [1.82, 2.24) is 40.4 Å². The molecule has 16 nitrogen and oxygen atoms in total. The number of nitrogens with zero attached hydrogens (tertiary/aromatic N) is 4. The lowest BCUT2D eigenvalue weighted by molar-refractivity contribution is -0.137. The Morgan fingerprint density at radius 1 is 0.855 bits per heavy atom. The molecule has 4 amide bonds. The lowest BCUT2D eigenvalue weighted by Gasteiger charge is -2.34. The van der Waals surface area contributed by atoms with E-state index in [9.17, 15) is 19.2 Å².